The van der Waals surface area contributed by atoms with Crippen LogP contribution in [-0.2, 0) is 23.9 Å². The lowest BCUT2D eigenvalue weighted by molar-refractivity contribution is -0.118. The first kappa shape index (κ1) is 17.4. The van der Waals surface area contributed by atoms with Gasteiger partial charge in [0.05, 0.1) is 0 Å². The van der Waals surface area contributed by atoms with Crippen LogP contribution in [0.4, 0.5) is 0 Å². The third-order valence-corrected chi connectivity index (χ3v) is 5.73. The van der Waals surface area contributed by atoms with Crippen molar-refractivity contribution >= 4 is 39.5 Å². The number of methoxy groups -OCH3 is 2. The smallest absolute Gasteiger partial charge is 0.226 e. The highest BCUT2D eigenvalue weighted by molar-refractivity contribution is 8.17. The Morgan fingerprint density at radius 3 is 1.67 bits per heavy atom. The molecular formula is C17H16O5S2. The molecule has 0 spiro atoms. The van der Waals surface area contributed by atoms with Crippen molar-refractivity contribution in [1.82, 2.24) is 0 Å². The minimum absolute atomic E-state index is 0.0461. The van der Waals surface area contributed by atoms with E-state index in [9.17, 15) is 14.4 Å². The Balaban J connectivity index is 1.79. The van der Waals surface area contributed by atoms with Crippen LogP contribution in [0.2, 0.25) is 0 Å². The van der Waals surface area contributed by atoms with Gasteiger partial charge in [-0.15, -0.1) is 0 Å². The summed E-state index contributed by atoms with van der Waals surface area (Å²) in [5, 5.41) is 3.32. The van der Waals surface area contributed by atoms with Crippen molar-refractivity contribution in [1.29, 1.82) is 0 Å². The molecule has 2 atom stereocenters. The highest BCUT2D eigenvalue weighted by Crippen LogP contribution is 2.35. The van der Waals surface area contributed by atoms with Crippen LogP contribution < -0.4 is 0 Å². The van der Waals surface area contributed by atoms with E-state index in [-0.39, 0.29) is 16.0 Å². The first-order valence-corrected chi connectivity index (χ1v) is 9.13. The normalized spacial score (nSPS) is 30.7. The van der Waals surface area contributed by atoms with E-state index in [0.29, 0.717) is 24.0 Å². The molecule has 0 aromatic carbocycles. The summed E-state index contributed by atoms with van der Waals surface area (Å²) in [4.78, 5) is 35.9. The number of carbonyl (C=O) groups is 3. The molecule has 126 valence electrons. The van der Waals surface area contributed by atoms with Gasteiger partial charge in [0.15, 0.2) is 18.0 Å². The zero-order chi connectivity index (χ0) is 17.3. The van der Waals surface area contributed by atoms with Gasteiger partial charge in [-0.25, -0.2) is 0 Å². The lowest BCUT2D eigenvalue weighted by atomic mass is 10.0. The first-order chi connectivity index (χ1) is 11.5. The second kappa shape index (κ2) is 7.23. The zero-order valence-electron chi connectivity index (χ0n) is 13.2. The maximum Gasteiger partial charge on any atom is 0.226 e. The molecule has 0 amide bonds. The second-order valence-electron chi connectivity index (χ2n) is 5.51. The summed E-state index contributed by atoms with van der Waals surface area (Å²) in [6, 6.07) is 0. The number of allylic oxidation sites excluding steroid dienone is 2. The van der Waals surface area contributed by atoms with Crippen molar-refractivity contribution < 1.29 is 23.9 Å². The Labute approximate surface area is 148 Å². The molecular weight excluding hydrogens is 348 g/mol. The molecule has 1 aliphatic carbocycles. The summed E-state index contributed by atoms with van der Waals surface area (Å²) >= 11 is 2.18. The maximum absolute atomic E-state index is 12.6. The van der Waals surface area contributed by atoms with Crippen molar-refractivity contribution in [3.05, 3.63) is 45.3 Å². The van der Waals surface area contributed by atoms with E-state index in [1.165, 1.54) is 14.2 Å². The summed E-state index contributed by atoms with van der Waals surface area (Å²) in [6.45, 7) is 0. The zero-order valence-corrected chi connectivity index (χ0v) is 14.9. The van der Waals surface area contributed by atoms with Crippen molar-refractivity contribution in [2.75, 3.05) is 14.2 Å². The summed E-state index contributed by atoms with van der Waals surface area (Å²) in [7, 11) is 2.96. The van der Waals surface area contributed by atoms with Crippen molar-refractivity contribution in [2.45, 2.75) is 25.0 Å². The number of rotatable bonds is 4. The molecule has 0 radical (unpaired) electrons. The number of carbonyl (C=O) groups excluding carboxylic acids is 3. The average Bonchev–Trinajstić information content (AvgIpc) is 3.21. The number of ketones is 1. The van der Waals surface area contributed by atoms with Crippen LogP contribution in [0.1, 0.15) is 12.8 Å². The molecule has 0 aromatic heterocycles. The molecule has 2 unspecified atom stereocenters. The third-order valence-electron chi connectivity index (χ3n) is 4.06. The Bertz CT molecular complexity index is 669. The number of hydrogen-bond donors (Lipinski definition) is 0. The lowest BCUT2D eigenvalue weighted by Crippen LogP contribution is -2.18. The number of hydrogen-bond acceptors (Lipinski definition) is 7. The topological polar surface area (TPSA) is 69.7 Å². The molecule has 24 heavy (non-hydrogen) atoms. The van der Waals surface area contributed by atoms with Crippen LogP contribution in [0, 0.1) is 0 Å². The van der Waals surface area contributed by atoms with Crippen molar-refractivity contribution in [3.63, 3.8) is 0 Å². The average molecular weight is 364 g/mol. The SMILES string of the molecule is COC1C(=O)SC=C1/C=C1\CC/C(=C\C2=CSC(=O)C2OC)C1=O. The Morgan fingerprint density at radius 1 is 0.875 bits per heavy atom. The first-order valence-electron chi connectivity index (χ1n) is 7.37. The molecule has 0 aromatic rings. The second-order valence-corrected chi connectivity index (χ2v) is 7.26. The van der Waals surface area contributed by atoms with Gasteiger partial charge in [-0.3, -0.25) is 14.4 Å². The van der Waals surface area contributed by atoms with Gasteiger partial charge in [0.1, 0.15) is 0 Å². The van der Waals surface area contributed by atoms with E-state index in [4.69, 9.17) is 9.47 Å². The molecule has 1 fully saturated rings. The molecule has 1 saturated carbocycles. The largest absolute Gasteiger partial charge is 0.368 e. The van der Waals surface area contributed by atoms with Crippen molar-refractivity contribution in [3.8, 4) is 0 Å². The van der Waals surface area contributed by atoms with Gasteiger partial charge >= 0.3 is 0 Å². The Hall–Kier alpha value is -1.41. The number of thioether (sulfide) groups is 2. The van der Waals surface area contributed by atoms with E-state index in [1.54, 1.807) is 23.0 Å². The molecule has 3 aliphatic rings. The van der Waals surface area contributed by atoms with Gasteiger partial charge in [-0.05, 0) is 47.0 Å². The number of ether oxygens (including phenoxy) is 2. The third kappa shape index (κ3) is 3.21. The molecule has 0 saturated heterocycles. The highest BCUT2D eigenvalue weighted by atomic mass is 32.2. The quantitative estimate of drug-likeness (QED) is 0.710. The van der Waals surface area contributed by atoms with E-state index in [0.717, 1.165) is 34.7 Å². The Kier molecular flexibility index (Phi) is 5.24. The van der Waals surface area contributed by atoms with Gasteiger partial charge in [0, 0.05) is 25.4 Å². The van der Waals surface area contributed by atoms with Gasteiger partial charge < -0.3 is 9.47 Å². The van der Waals surface area contributed by atoms with Crippen LogP contribution in [0.3, 0.4) is 0 Å². The molecule has 2 aliphatic heterocycles. The standard InChI is InChI=1S/C17H16O5S2/c1-21-14-11(7-23-16(14)19)5-9-3-4-10(13(9)18)6-12-8-24-17(20)15(12)22-2/h5-8,14-15H,3-4H2,1-2H3/b9-5+,10-6+. The maximum atomic E-state index is 12.6. The monoisotopic (exact) mass is 364 g/mol. The predicted molar refractivity (Wildman–Crippen MR) is 93.4 cm³/mol. The molecule has 3 rings (SSSR count). The van der Waals surface area contributed by atoms with Crippen LogP contribution in [0.15, 0.2) is 45.3 Å². The van der Waals surface area contributed by atoms with Crippen LogP contribution in [0.5, 0.6) is 0 Å². The predicted octanol–water partition coefficient (Wildman–Crippen LogP) is 2.55. The van der Waals surface area contributed by atoms with Gasteiger partial charge in [0.25, 0.3) is 0 Å². The van der Waals surface area contributed by atoms with E-state index >= 15 is 0 Å². The van der Waals surface area contributed by atoms with Gasteiger partial charge in [-0.1, -0.05) is 23.5 Å². The van der Waals surface area contributed by atoms with Crippen LogP contribution in [0.25, 0.3) is 0 Å². The molecule has 2 heterocycles. The van der Waals surface area contributed by atoms with Gasteiger partial charge in [0.2, 0.25) is 10.2 Å². The molecule has 0 bridgehead atoms. The summed E-state index contributed by atoms with van der Waals surface area (Å²) in [5.74, 6) is -0.0461. The number of Topliss-reactive ketones (excluding diaryl/α,β-unsaturated/α-hetero) is 1. The highest BCUT2D eigenvalue weighted by Gasteiger charge is 2.32. The molecule has 0 N–H and O–H groups in total. The minimum Gasteiger partial charge on any atom is -0.368 e. The fourth-order valence-electron chi connectivity index (χ4n) is 2.84. The summed E-state index contributed by atoms with van der Waals surface area (Å²) in [5.41, 5.74) is 2.77. The van der Waals surface area contributed by atoms with E-state index < -0.39 is 12.2 Å². The summed E-state index contributed by atoms with van der Waals surface area (Å²) in [6.07, 6.45) is 3.53. The van der Waals surface area contributed by atoms with E-state index in [1.807, 2.05) is 0 Å². The molecule has 5 nitrogen and oxygen atoms in total. The fraction of sp³-hybridized carbons (Fsp3) is 0.353. The van der Waals surface area contributed by atoms with Crippen LogP contribution >= 0.6 is 23.5 Å². The minimum atomic E-state index is -0.604. The molecule has 7 heteroatoms. The van der Waals surface area contributed by atoms with E-state index in [2.05, 4.69) is 0 Å². The van der Waals surface area contributed by atoms with Crippen molar-refractivity contribution in [2.24, 2.45) is 0 Å². The fourth-order valence-corrected chi connectivity index (χ4v) is 4.44. The van der Waals surface area contributed by atoms with Gasteiger partial charge in [-0.2, -0.15) is 0 Å². The Morgan fingerprint density at radius 2 is 1.29 bits per heavy atom. The summed E-state index contributed by atoms with van der Waals surface area (Å²) < 4.78 is 10.4. The van der Waals surface area contributed by atoms with Crippen LogP contribution in [-0.4, -0.2) is 42.4 Å². The lowest BCUT2D eigenvalue weighted by Gasteiger charge is -2.08.